The second-order valence-electron chi connectivity index (χ2n) is 5.46. The van der Waals surface area contributed by atoms with Crippen LogP contribution in [0.2, 0.25) is 0 Å². The lowest BCUT2D eigenvalue weighted by atomic mass is 9.89. The fourth-order valence-corrected chi connectivity index (χ4v) is 3.30. The molecule has 0 aliphatic carbocycles. The lowest BCUT2D eigenvalue weighted by Crippen LogP contribution is -2.31. The SMILES string of the molecule is O=c1c2ccccc2nnn1CC1CC2CCC1O2. The number of benzene rings is 1. The van der Waals surface area contributed by atoms with E-state index in [1.54, 1.807) is 6.07 Å². The number of hydrogen-bond donors (Lipinski definition) is 0. The second kappa shape index (κ2) is 4.13. The van der Waals surface area contributed by atoms with Crippen molar-refractivity contribution >= 4 is 10.9 Å². The summed E-state index contributed by atoms with van der Waals surface area (Å²) in [5.41, 5.74) is 0.612. The molecule has 2 aliphatic rings. The Kier molecular flexibility index (Phi) is 2.41. The number of nitrogens with zero attached hydrogens (tertiary/aromatic N) is 3. The zero-order valence-electron chi connectivity index (χ0n) is 10.5. The molecule has 5 heteroatoms. The maximum atomic E-state index is 12.3. The summed E-state index contributed by atoms with van der Waals surface area (Å²) in [5.74, 6) is 0.409. The van der Waals surface area contributed by atoms with Gasteiger partial charge in [-0.05, 0) is 31.4 Å². The maximum Gasteiger partial charge on any atom is 0.277 e. The number of fused-ring (bicyclic) bond motifs is 3. The van der Waals surface area contributed by atoms with Crippen molar-refractivity contribution in [2.45, 2.75) is 38.0 Å². The Morgan fingerprint density at radius 2 is 2.21 bits per heavy atom. The zero-order valence-corrected chi connectivity index (χ0v) is 10.5. The summed E-state index contributed by atoms with van der Waals surface area (Å²) < 4.78 is 7.32. The average molecular weight is 257 g/mol. The summed E-state index contributed by atoms with van der Waals surface area (Å²) in [6.07, 6.45) is 4.04. The largest absolute Gasteiger partial charge is 0.375 e. The van der Waals surface area contributed by atoms with Crippen LogP contribution in [0.25, 0.3) is 10.9 Å². The summed E-state index contributed by atoms with van der Waals surface area (Å²) in [4.78, 5) is 12.3. The van der Waals surface area contributed by atoms with Crippen LogP contribution in [0.3, 0.4) is 0 Å². The minimum atomic E-state index is -0.0478. The van der Waals surface area contributed by atoms with Crippen LogP contribution < -0.4 is 5.56 Å². The van der Waals surface area contributed by atoms with Gasteiger partial charge >= 0.3 is 0 Å². The molecule has 5 nitrogen and oxygen atoms in total. The van der Waals surface area contributed by atoms with Crippen molar-refractivity contribution in [1.29, 1.82) is 0 Å². The van der Waals surface area contributed by atoms with Crippen molar-refractivity contribution in [1.82, 2.24) is 15.0 Å². The van der Waals surface area contributed by atoms with Gasteiger partial charge in [0.2, 0.25) is 0 Å². The Hall–Kier alpha value is -1.75. The zero-order chi connectivity index (χ0) is 12.8. The van der Waals surface area contributed by atoms with E-state index in [0.29, 0.717) is 35.6 Å². The molecule has 4 rings (SSSR count). The van der Waals surface area contributed by atoms with Gasteiger partial charge in [0.1, 0.15) is 5.52 Å². The van der Waals surface area contributed by atoms with Crippen LogP contribution in [0.15, 0.2) is 29.1 Å². The van der Waals surface area contributed by atoms with E-state index >= 15 is 0 Å². The topological polar surface area (TPSA) is 57.0 Å². The number of ether oxygens (including phenoxy) is 1. The molecule has 2 fully saturated rings. The minimum Gasteiger partial charge on any atom is -0.375 e. The van der Waals surface area contributed by atoms with Crippen molar-refractivity contribution in [3.8, 4) is 0 Å². The molecule has 2 bridgehead atoms. The summed E-state index contributed by atoms with van der Waals surface area (Å²) in [7, 11) is 0. The first kappa shape index (κ1) is 11.1. The molecule has 98 valence electrons. The van der Waals surface area contributed by atoms with E-state index in [1.165, 1.54) is 11.1 Å². The standard InChI is InChI=1S/C14H15N3O2/c18-14-11-3-1-2-4-12(11)15-16-17(14)8-9-7-10-5-6-13(9)19-10/h1-4,9-10,13H,5-8H2. The van der Waals surface area contributed by atoms with Gasteiger partial charge in [-0.2, -0.15) is 0 Å². The van der Waals surface area contributed by atoms with Gasteiger partial charge in [-0.1, -0.05) is 17.3 Å². The molecule has 2 aromatic rings. The third-order valence-corrected chi connectivity index (χ3v) is 4.27. The van der Waals surface area contributed by atoms with Crippen LogP contribution in [-0.2, 0) is 11.3 Å². The van der Waals surface area contributed by atoms with Gasteiger partial charge in [-0.15, -0.1) is 5.10 Å². The second-order valence-corrected chi connectivity index (χ2v) is 5.46. The fourth-order valence-electron chi connectivity index (χ4n) is 3.30. The summed E-state index contributed by atoms with van der Waals surface area (Å²) in [5, 5.41) is 8.81. The third kappa shape index (κ3) is 1.76. The molecule has 0 N–H and O–H groups in total. The van der Waals surface area contributed by atoms with Gasteiger partial charge in [-0.3, -0.25) is 4.79 Å². The molecule has 0 saturated carbocycles. The van der Waals surface area contributed by atoms with Crippen molar-refractivity contribution in [3.05, 3.63) is 34.6 Å². The Bertz CT molecular complexity index is 682. The van der Waals surface area contributed by atoms with Crippen LogP contribution in [-0.4, -0.2) is 27.2 Å². The molecule has 2 aliphatic heterocycles. The molecule has 3 atom stereocenters. The Morgan fingerprint density at radius 3 is 3.00 bits per heavy atom. The molecule has 0 spiro atoms. The lowest BCUT2D eigenvalue weighted by Gasteiger charge is -2.18. The van der Waals surface area contributed by atoms with E-state index in [9.17, 15) is 4.79 Å². The summed E-state index contributed by atoms with van der Waals surface area (Å²) in [6.45, 7) is 0.623. The predicted molar refractivity (Wildman–Crippen MR) is 69.8 cm³/mol. The lowest BCUT2D eigenvalue weighted by molar-refractivity contribution is 0.0889. The highest BCUT2D eigenvalue weighted by Gasteiger charge is 2.41. The van der Waals surface area contributed by atoms with Crippen molar-refractivity contribution in [2.75, 3.05) is 0 Å². The Balaban J connectivity index is 1.68. The first-order valence-corrected chi connectivity index (χ1v) is 6.79. The molecule has 2 saturated heterocycles. The van der Waals surface area contributed by atoms with E-state index < -0.39 is 0 Å². The smallest absolute Gasteiger partial charge is 0.277 e. The monoisotopic (exact) mass is 257 g/mol. The van der Waals surface area contributed by atoms with Crippen LogP contribution in [0.1, 0.15) is 19.3 Å². The van der Waals surface area contributed by atoms with Gasteiger partial charge in [0.25, 0.3) is 5.56 Å². The van der Waals surface area contributed by atoms with Crippen molar-refractivity contribution < 1.29 is 4.74 Å². The van der Waals surface area contributed by atoms with Crippen molar-refractivity contribution in [2.24, 2.45) is 5.92 Å². The molecular weight excluding hydrogens is 242 g/mol. The molecular formula is C14H15N3O2. The first-order chi connectivity index (χ1) is 9.31. The van der Waals surface area contributed by atoms with Crippen LogP contribution in [0, 0.1) is 5.92 Å². The van der Waals surface area contributed by atoms with Crippen LogP contribution in [0.5, 0.6) is 0 Å². The summed E-state index contributed by atoms with van der Waals surface area (Å²) in [6, 6.07) is 7.34. The summed E-state index contributed by atoms with van der Waals surface area (Å²) >= 11 is 0. The van der Waals surface area contributed by atoms with E-state index in [1.807, 2.05) is 18.2 Å². The fraction of sp³-hybridized carbons (Fsp3) is 0.500. The van der Waals surface area contributed by atoms with Gasteiger partial charge in [-0.25, -0.2) is 4.68 Å². The van der Waals surface area contributed by atoms with E-state index in [0.717, 1.165) is 12.8 Å². The Labute approximate surface area is 110 Å². The predicted octanol–water partition coefficient (Wildman–Crippen LogP) is 1.36. The van der Waals surface area contributed by atoms with Gasteiger partial charge < -0.3 is 4.74 Å². The molecule has 0 amide bonds. The molecule has 1 aromatic carbocycles. The first-order valence-electron chi connectivity index (χ1n) is 6.79. The normalized spacial score (nSPS) is 29.2. The Morgan fingerprint density at radius 1 is 1.32 bits per heavy atom. The number of aromatic nitrogens is 3. The average Bonchev–Trinajstić information content (AvgIpc) is 3.05. The number of rotatable bonds is 2. The van der Waals surface area contributed by atoms with Crippen molar-refractivity contribution in [3.63, 3.8) is 0 Å². The quantitative estimate of drug-likeness (QED) is 0.815. The van der Waals surface area contributed by atoms with Gasteiger partial charge in [0.15, 0.2) is 0 Å². The molecule has 1 aromatic heterocycles. The number of hydrogen-bond acceptors (Lipinski definition) is 4. The highest BCUT2D eigenvalue weighted by Crippen LogP contribution is 2.39. The molecule has 19 heavy (non-hydrogen) atoms. The maximum absolute atomic E-state index is 12.3. The molecule has 3 heterocycles. The van der Waals surface area contributed by atoms with E-state index in [2.05, 4.69) is 10.3 Å². The highest BCUT2D eigenvalue weighted by atomic mass is 16.5. The highest BCUT2D eigenvalue weighted by molar-refractivity contribution is 5.76. The van der Waals surface area contributed by atoms with Crippen LogP contribution >= 0.6 is 0 Å². The van der Waals surface area contributed by atoms with Gasteiger partial charge in [0.05, 0.1) is 24.1 Å². The molecule has 0 radical (unpaired) electrons. The van der Waals surface area contributed by atoms with E-state index in [-0.39, 0.29) is 5.56 Å². The third-order valence-electron chi connectivity index (χ3n) is 4.27. The minimum absolute atomic E-state index is 0.0478. The van der Waals surface area contributed by atoms with E-state index in [4.69, 9.17) is 4.74 Å². The van der Waals surface area contributed by atoms with Crippen LogP contribution in [0.4, 0.5) is 0 Å². The molecule has 3 unspecified atom stereocenters. The van der Waals surface area contributed by atoms with Gasteiger partial charge in [0, 0.05) is 5.92 Å².